The van der Waals surface area contributed by atoms with Gasteiger partial charge in [-0.05, 0) is 18.2 Å². The molecule has 0 unspecified atom stereocenters. The summed E-state index contributed by atoms with van der Waals surface area (Å²) in [4.78, 5) is 3.96. The van der Waals surface area contributed by atoms with Gasteiger partial charge in [-0.1, -0.05) is 6.07 Å². The fraction of sp³-hybridized carbons (Fsp3) is 0. The minimum atomic E-state index is 0.821. The number of hydrogen-bond acceptors (Lipinski definition) is 2. The van der Waals surface area contributed by atoms with Gasteiger partial charge in [-0.25, -0.2) is 0 Å². The van der Waals surface area contributed by atoms with E-state index < -0.39 is 0 Å². The molecule has 1 radical (unpaired) electrons. The first-order chi connectivity index (χ1) is 5.47. The van der Waals surface area contributed by atoms with Crippen LogP contribution in [0.15, 0.2) is 35.7 Å². The number of aliphatic imine (C=N–C) groups is 1. The van der Waals surface area contributed by atoms with Crippen molar-refractivity contribution in [3.05, 3.63) is 42.3 Å². The van der Waals surface area contributed by atoms with Crippen molar-refractivity contribution in [2.24, 2.45) is 4.99 Å². The molecular formula is C9H6NO. The first-order valence-electron chi connectivity index (χ1n) is 3.32. The van der Waals surface area contributed by atoms with Crippen LogP contribution >= 0.6 is 0 Å². The highest BCUT2D eigenvalue weighted by molar-refractivity contribution is 5.84. The van der Waals surface area contributed by atoms with Crippen molar-refractivity contribution < 1.29 is 4.74 Å². The fourth-order valence-corrected chi connectivity index (χ4v) is 0.899. The lowest BCUT2D eigenvalue weighted by Crippen LogP contribution is -1.85. The van der Waals surface area contributed by atoms with Crippen molar-refractivity contribution in [3.8, 4) is 5.75 Å². The number of nitrogens with zero attached hydrogens (tertiary/aromatic N) is 1. The molecule has 0 saturated carbocycles. The van der Waals surface area contributed by atoms with Gasteiger partial charge in [-0.2, -0.15) is 0 Å². The molecule has 11 heavy (non-hydrogen) atoms. The van der Waals surface area contributed by atoms with Crippen LogP contribution in [-0.2, 0) is 0 Å². The predicted octanol–water partition coefficient (Wildman–Crippen LogP) is 1.77. The van der Waals surface area contributed by atoms with Gasteiger partial charge in [0.25, 0.3) is 0 Å². The van der Waals surface area contributed by atoms with Gasteiger partial charge >= 0.3 is 0 Å². The minimum Gasteiger partial charge on any atom is -0.463 e. The number of hydrogen-bond donors (Lipinski definition) is 0. The Morgan fingerprint density at radius 1 is 1.45 bits per heavy atom. The second kappa shape index (κ2) is 2.58. The smallest absolute Gasteiger partial charge is 0.135 e. The van der Waals surface area contributed by atoms with Gasteiger partial charge in [0.1, 0.15) is 12.0 Å². The molecule has 0 fully saturated rings. The Morgan fingerprint density at radius 3 is 3.45 bits per heavy atom. The van der Waals surface area contributed by atoms with Gasteiger partial charge in [0.2, 0.25) is 0 Å². The highest BCUT2D eigenvalue weighted by Crippen LogP contribution is 2.17. The maximum atomic E-state index is 5.22. The number of rotatable bonds is 0. The molecule has 0 aliphatic carbocycles. The standard InChI is InChI=1S/C9H6NO/c1-2-4-9-8(3-1)7-10-5-6-11-9/h2-7H. The molecule has 1 heterocycles. The fourth-order valence-electron chi connectivity index (χ4n) is 0.899. The maximum Gasteiger partial charge on any atom is 0.135 e. The quantitative estimate of drug-likeness (QED) is 0.543. The molecule has 0 spiro atoms. The Hall–Kier alpha value is -1.57. The van der Waals surface area contributed by atoms with Gasteiger partial charge in [0.05, 0.1) is 6.20 Å². The van der Waals surface area contributed by atoms with Gasteiger partial charge in [-0.15, -0.1) is 0 Å². The van der Waals surface area contributed by atoms with Gasteiger partial charge in [-0.3, -0.25) is 4.99 Å². The van der Waals surface area contributed by atoms with Crippen molar-refractivity contribution in [2.45, 2.75) is 0 Å². The third-order valence-electron chi connectivity index (χ3n) is 1.41. The largest absolute Gasteiger partial charge is 0.463 e. The lowest BCUT2D eigenvalue weighted by Gasteiger charge is -1.99. The van der Waals surface area contributed by atoms with Crippen LogP contribution in [0.5, 0.6) is 5.75 Å². The summed E-state index contributed by atoms with van der Waals surface area (Å²) in [7, 11) is 0. The number of fused-ring (bicyclic) bond motifs is 1. The van der Waals surface area contributed by atoms with Crippen LogP contribution in [0, 0.1) is 6.07 Å². The molecule has 1 aromatic carbocycles. The van der Waals surface area contributed by atoms with E-state index in [0.717, 1.165) is 11.3 Å². The monoisotopic (exact) mass is 144 g/mol. The Bertz CT molecular complexity index is 315. The average molecular weight is 144 g/mol. The lowest BCUT2D eigenvalue weighted by molar-refractivity contribution is 0.480. The zero-order valence-corrected chi connectivity index (χ0v) is 5.82. The molecule has 1 aromatic rings. The molecule has 0 aromatic heterocycles. The maximum absolute atomic E-state index is 5.22. The van der Waals surface area contributed by atoms with Crippen molar-refractivity contribution in [1.82, 2.24) is 0 Å². The molecule has 2 nitrogen and oxygen atoms in total. The Balaban J connectivity index is 2.52. The molecule has 2 heteroatoms. The second-order valence-corrected chi connectivity index (χ2v) is 2.15. The van der Waals surface area contributed by atoms with Crippen LogP contribution in [-0.4, -0.2) is 6.21 Å². The summed E-state index contributed by atoms with van der Waals surface area (Å²) in [5.41, 5.74) is 0.956. The van der Waals surface area contributed by atoms with E-state index in [4.69, 9.17) is 4.74 Å². The summed E-state index contributed by atoms with van der Waals surface area (Å²) < 4.78 is 5.22. The van der Waals surface area contributed by atoms with Crippen molar-refractivity contribution in [3.63, 3.8) is 0 Å². The average Bonchev–Trinajstić information content (AvgIpc) is 2.28. The summed E-state index contributed by atoms with van der Waals surface area (Å²) in [6, 6.07) is 8.46. The van der Waals surface area contributed by atoms with E-state index in [1.807, 2.05) is 18.2 Å². The molecule has 0 amide bonds. The van der Waals surface area contributed by atoms with Crippen LogP contribution < -0.4 is 4.74 Å². The van der Waals surface area contributed by atoms with E-state index in [2.05, 4.69) is 11.1 Å². The van der Waals surface area contributed by atoms with Crippen molar-refractivity contribution in [2.75, 3.05) is 0 Å². The summed E-state index contributed by atoms with van der Waals surface area (Å²) in [5, 5.41) is 0. The van der Waals surface area contributed by atoms with E-state index in [0.29, 0.717) is 0 Å². The molecule has 0 atom stereocenters. The van der Waals surface area contributed by atoms with Crippen LogP contribution in [0.4, 0.5) is 0 Å². The highest BCUT2D eigenvalue weighted by Gasteiger charge is 1.99. The van der Waals surface area contributed by atoms with Gasteiger partial charge in [0.15, 0.2) is 0 Å². The molecule has 1 aliphatic heterocycles. The van der Waals surface area contributed by atoms with E-state index in [-0.39, 0.29) is 0 Å². The van der Waals surface area contributed by atoms with Crippen LogP contribution in [0.25, 0.3) is 0 Å². The molecule has 0 bridgehead atoms. The Morgan fingerprint density at radius 2 is 2.45 bits per heavy atom. The van der Waals surface area contributed by atoms with Gasteiger partial charge < -0.3 is 4.74 Å². The third-order valence-corrected chi connectivity index (χ3v) is 1.41. The second-order valence-electron chi connectivity index (χ2n) is 2.15. The van der Waals surface area contributed by atoms with Crippen LogP contribution in [0.3, 0.4) is 0 Å². The Kier molecular flexibility index (Phi) is 1.44. The van der Waals surface area contributed by atoms with Crippen molar-refractivity contribution >= 4 is 6.21 Å². The zero-order chi connectivity index (χ0) is 7.52. The highest BCUT2D eigenvalue weighted by atomic mass is 16.5. The zero-order valence-electron chi connectivity index (χ0n) is 5.82. The first-order valence-corrected chi connectivity index (χ1v) is 3.32. The topological polar surface area (TPSA) is 21.6 Å². The first kappa shape index (κ1) is 6.16. The summed E-state index contributed by atoms with van der Waals surface area (Å²) in [5.74, 6) is 0.821. The number of ether oxygens (including phenoxy) is 1. The Labute approximate surface area is 64.8 Å². The molecule has 0 N–H and O–H groups in total. The molecule has 1 aliphatic rings. The van der Waals surface area contributed by atoms with Crippen molar-refractivity contribution in [1.29, 1.82) is 0 Å². The molecule has 2 rings (SSSR count). The summed E-state index contributed by atoms with van der Waals surface area (Å²) >= 11 is 0. The predicted molar refractivity (Wildman–Crippen MR) is 42.6 cm³/mol. The summed E-state index contributed by atoms with van der Waals surface area (Å²) in [6.07, 6.45) is 4.91. The lowest BCUT2D eigenvalue weighted by atomic mass is 10.2. The normalized spacial score (nSPS) is 13.5. The molecular weight excluding hydrogens is 138 g/mol. The molecule has 0 saturated heterocycles. The van der Waals surface area contributed by atoms with Crippen LogP contribution in [0.2, 0.25) is 0 Å². The minimum absolute atomic E-state index is 0.821. The van der Waals surface area contributed by atoms with E-state index in [9.17, 15) is 0 Å². The van der Waals surface area contributed by atoms with Crippen LogP contribution in [0.1, 0.15) is 5.56 Å². The van der Waals surface area contributed by atoms with E-state index in [1.54, 1.807) is 18.7 Å². The van der Waals surface area contributed by atoms with E-state index >= 15 is 0 Å². The number of benzene rings is 1. The summed E-state index contributed by atoms with van der Waals surface area (Å²) in [6.45, 7) is 0. The van der Waals surface area contributed by atoms with Gasteiger partial charge in [0, 0.05) is 11.8 Å². The molecule has 53 valence electrons. The third kappa shape index (κ3) is 1.15. The van der Waals surface area contributed by atoms with E-state index in [1.165, 1.54) is 0 Å². The SMILES string of the molecule is [c]1ccc2c(c1)C=NC=CO2.